The van der Waals surface area contributed by atoms with Gasteiger partial charge < -0.3 is 11.1 Å². The largest absolute Gasteiger partial charge is 0.394 e. The van der Waals surface area contributed by atoms with E-state index >= 15 is 0 Å². The second-order valence-electron chi connectivity index (χ2n) is 4.25. The van der Waals surface area contributed by atoms with Crippen LogP contribution in [0.25, 0.3) is 0 Å². The third-order valence-corrected chi connectivity index (χ3v) is 2.93. The normalized spacial score (nSPS) is 10.7. The lowest BCUT2D eigenvalue weighted by Crippen LogP contribution is -2.05. The van der Waals surface area contributed by atoms with Crippen molar-refractivity contribution in [2.24, 2.45) is 0 Å². The Hall–Kier alpha value is -2.04. The Morgan fingerprint density at radius 1 is 1.39 bits per heavy atom. The minimum atomic E-state index is -0.277. The van der Waals surface area contributed by atoms with E-state index in [2.05, 4.69) is 10.4 Å². The number of aryl methyl sites for hydroxylation is 3. The summed E-state index contributed by atoms with van der Waals surface area (Å²) in [7, 11) is 0. The Bertz CT molecular complexity index is 575. The summed E-state index contributed by atoms with van der Waals surface area (Å²) in [6, 6.07) is 4.62. The highest BCUT2D eigenvalue weighted by Gasteiger charge is 2.12. The summed E-state index contributed by atoms with van der Waals surface area (Å²) in [6.07, 6.45) is 0. The van der Waals surface area contributed by atoms with Crippen molar-refractivity contribution in [3.63, 3.8) is 0 Å². The fourth-order valence-corrected chi connectivity index (χ4v) is 1.81. The standard InChI is InChI=1S/C13H17FN4/c1-4-18-13(12(15)9(3)17-18)16-11-7-10(14)6-5-8(11)2/h5-7,16H,4,15H2,1-3H3. The second-order valence-corrected chi connectivity index (χ2v) is 4.25. The van der Waals surface area contributed by atoms with Gasteiger partial charge >= 0.3 is 0 Å². The average molecular weight is 248 g/mol. The first-order valence-corrected chi connectivity index (χ1v) is 5.89. The van der Waals surface area contributed by atoms with Crippen molar-refractivity contribution in [2.45, 2.75) is 27.3 Å². The van der Waals surface area contributed by atoms with Crippen LogP contribution in [0.1, 0.15) is 18.2 Å². The number of nitrogen functional groups attached to an aromatic ring is 1. The quantitative estimate of drug-likeness (QED) is 0.878. The molecule has 0 saturated heterocycles. The molecular weight excluding hydrogens is 231 g/mol. The molecule has 0 amide bonds. The van der Waals surface area contributed by atoms with Crippen molar-refractivity contribution in [3.8, 4) is 0 Å². The van der Waals surface area contributed by atoms with Gasteiger partial charge in [0.2, 0.25) is 0 Å². The zero-order valence-electron chi connectivity index (χ0n) is 10.8. The molecule has 18 heavy (non-hydrogen) atoms. The summed E-state index contributed by atoms with van der Waals surface area (Å²) in [5.41, 5.74) is 9.01. The van der Waals surface area contributed by atoms with Crippen molar-refractivity contribution in [3.05, 3.63) is 35.3 Å². The minimum absolute atomic E-state index is 0.277. The molecule has 96 valence electrons. The van der Waals surface area contributed by atoms with Crippen molar-refractivity contribution in [2.75, 3.05) is 11.1 Å². The molecule has 1 aromatic carbocycles. The van der Waals surface area contributed by atoms with Crippen LogP contribution in [-0.2, 0) is 6.54 Å². The molecule has 0 radical (unpaired) electrons. The van der Waals surface area contributed by atoms with E-state index in [0.29, 0.717) is 23.7 Å². The highest BCUT2D eigenvalue weighted by atomic mass is 19.1. The monoisotopic (exact) mass is 248 g/mol. The van der Waals surface area contributed by atoms with Crippen molar-refractivity contribution in [1.82, 2.24) is 9.78 Å². The number of hydrogen-bond donors (Lipinski definition) is 2. The van der Waals surface area contributed by atoms with Gasteiger partial charge in [-0.15, -0.1) is 0 Å². The number of hydrogen-bond acceptors (Lipinski definition) is 3. The van der Waals surface area contributed by atoms with E-state index in [9.17, 15) is 4.39 Å². The van der Waals surface area contributed by atoms with E-state index < -0.39 is 0 Å². The first kappa shape index (κ1) is 12.4. The van der Waals surface area contributed by atoms with Crippen LogP contribution in [0.3, 0.4) is 0 Å². The van der Waals surface area contributed by atoms with E-state index in [1.165, 1.54) is 12.1 Å². The van der Waals surface area contributed by atoms with Gasteiger partial charge in [0.15, 0.2) is 5.82 Å². The van der Waals surface area contributed by atoms with Crippen LogP contribution in [0.15, 0.2) is 18.2 Å². The predicted molar refractivity (Wildman–Crippen MR) is 71.5 cm³/mol. The average Bonchev–Trinajstić information content (AvgIpc) is 2.61. The van der Waals surface area contributed by atoms with Crippen molar-refractivity contribution in [1.29, 1.82) is 0 Å². The van der Waals surface area contributed by atoms with E-state index in [0.717, 1.165) is 11.3 Å². The van der Waals surface area contributed by atoms with Crippen molar-refractivity contribution < 1.29 is 4.39 Å². The molecule has 0 aliphatic rings. The summed E-state index contributed by atoms with van der Waals surface area (Å²) in [6.45, 7) is 6.45. The van der Waals surface area contributed by atoms with Gasteiger partial charge in [0.05, 0.1) is 11.4 Å². The number of nitrogens with one attached hydrogen (secondary N) is 1. The summed E-state index contributed by atoms with van der Waals surface area (Å²) in [5, 5.41) is 7.47. The topological polar surface area (TPSA) is 55.9 Å². The lowest BCUT2D eigenvalue weighted by Gasteiger charge is -2.11. The van der Waals surface area contributed by atoms with E-state index in [1.54, 1.807) is 10.7 Å². The molecule has 2 aromatic rings. The van der Waals surface area contributed by atoms with Gasteiger partial charge in [-0.2, -0.15) is 5.10 Å². The maximum atomic E-state index is 13.2. The second kappa shape index (κ2) is 4.68. The molecule has 0 unspecified atom stereocenters. The van der Waals surface area contributed by atoms with Crippen molar-refractivity contribution >= 4 is 17.2 Å². The maximum absolute atomic E-state index is 13.2. The van der Waals surface area contributed by atoms with Crippen LogP contribution in [0.2, 0.25) is 0 Å². The first-order valence-electron chi connectivity index (χ1n) is 5.89. The molecule has 0 saturated carbocycles. The summed E-state index contributed by atoms with van der Waals surface area (Å²) >= 11 is 0. The molecule has 2 rings (SSSR count). The lowest BCUT2D eigenvalue weighted by molar-refractivity contribution is 0.627. The Balaban J connectivity index is 2.42. The molecule has 0 spiro atoms. The molecule has 0 atom stereocenters. The number of benzene rings is 1. The van der Waals surface area contributed by atoms with Gasteiger partial charge in [-0.3, -0.25) is 0 Å². The van der Waals surface area contributed by atoms with Gasteiger partial charge in [-0.05, 0) is 38.5 Å². The highest BCUT2D eigenvalue weighted by Crippen LogP contribution is 2.28. The Labute approximate surface area is 106 Å². The number of nitrogens with zero attached hydrogens (tertiary/aromatic N) is 2. The Kier molecular flexibility index (Phi) is 3.23. The minimum Gasteiger partial charge on any atom is -0.394 e. The van der Waals surface area contributed by atoms with Gasteiger partial charge in [-0.25, -0.2) is 9.07 Å². The van der Waals surface area contributed by atoms with E-state index in [1.807, 2.05) is 20.8 Å². The molecular formula is C13H17FN4. The van der Waals surface area contributed by atoms with Crippen LogP contribution in [0, 0.1) is 19.7 Å². The van der Waals surface area contributed by atoms with Crippen LogP contribution in [0.4, 0.5) is 21.6 Å². The maximum Gasteiger partial charge on any atom is 0.152 e. The van der Waals surface area contributed by atoms with Gasteiger partial charge in [0.1, 0.15) is 5.82 Å². The predicted octanol–water partition coefficient (Wildman–Crippen LogP) is 2.98. The fourth-order valence-electron chi connectivity index (χ4n) is 1.81. The number of nitrogens with two attached hydrogens (primary N) is 1. The zero-order valence-corrected chi connectivity index (χ0v) is 10.8. The third kappa shape index (κ3) is 2.16. The summed E-state index contributed by atoms with van der Waals surface area (Å²) in [4.78, 5) is 0. The first-order chi connectivity index (χ1) is 8.52. The molecule has 5 heteroatoms. The molecule has 0 aliphatic heterocycles. The smallest absolute Gasteiger partial charge is 0.152 e. The van der Waals surface area contributed by atoms with Crippen LogP contribution in [0.5, 0.6) is 0 Å². The molecule has 0 bridgehead atoms. The van der Waals surface area contributed by atoms with Crippen LogP contribution in [-0.4, -0.2) is 9.78 Å². The SMILES string of the molecule is CCn1nc(C)c(N)c1Nc1cc(F)ccc1C. The van der Waals surface area contributed by atoms with E-state index in [4.69, 9.17) is 5.73 Å². The number of rotatable bonds is 3. The molecule has 0 aliphatic carbocycles. The van der Waals surface area contributed by atoms with Crippen LogP contribution < -0.4 is 11.1 Å². The molecule has 1 aromatic heterocycles. The highest BCUT2D eigenvalue weighted by molar-refractivity contribution is 5.72. The summed E-state index contributed by atoms with van der Waals surface area (Å²) < 4.78 is 15.0. The zero-order chi connectivity index (χ0) is 13.3. The molecule has 4 nitrogen and oxygen atoms in total. The van der Waals surface area contributed by atoms with Gasteiger partial charge in [-0.1, -0.05) is 6.07 Å². The third-order valence-electron chi connectivity index (χ3n) is 2.93. The number of aromatic nitrogens is 2. The Morgan fingerprint density at radius 2 is 2.11 bits per heavy atom. The van der Waals surface area contributed by atoms with E-state index in [-0.39, 0.29) is 5.82 Å². The Morgan fingerprint density at radius 3 is 2.78 bits per heavy atom. The number of anilines is 3. The van der Waals surface area contributed by atoms with Crippen LogP contribution >= 0.6 is 0 Å². The fraction of sp³-hybridized carbons (Fsp3) is 0.308. The lowest BCUT2D eigenvalue weighted by atomic mass is 10.2. The molecule has 3 N–H and O–H groups in total. The molecule has 0 fully saturated rings. The molecule has 1 heterocycles. The van der Waals surface area contributed by atoms with Gasteiger partial charge in [0, 0.05) is 12.2 Å². The number of halogens is 1. The van der Waals surface area contributed by atoms with Gasteiger partial charge in [0.25, 0.3) is 0 Å². The summed E-state index contributed by atoms with van der Waals surface area (Å²) in [5.74, 6) is 0.435.